The molecule has 9 nitrogen and oxygen atoms in total. The third-order valence-electron chi connectivity index (χ3n) is 2.76. The molecule has 1 aromatic carbocycles. The zero-order valence-corrected chi connectivity index (χ0v) is 14.1. The van der Waals surface area contributed by atoms with Crippen LogP contribution in [0.3, 0.4) is 0 Å². The van der Waals surface area contributed by atoms with Gasteiger partial charge in [-0.15, -0.1) is 0 Å². The quantitative estimate of drug-likeness (QED) is 0.417. The van der Waals surface area contributed by atoms with Gasteiger partial charge in [-0.25, -0.2) is 4.79 Å². The molecule has 2 aromatic rings. The van der Waals surface area contributed by atoms with Crippen molar-refractivity contribution in [3.8, 4) is 11.5 Å². The summed E-state index contributed by atoms with van der Waals surface area (Å²) >= 11 is 6.06. The number of aromatic hydroxyl groups is 2. The van der Waals surface area contributed by atoms with Gasteiger partial charge in [-0.2, -0.15) is 0 Å². The van der Waals surface area contributed by atoms with Crippen LogP contribution in [0.2, 0.25) is 0 Å². The minimum atomic E-state index is -1.14. The first-order valence-corrected chi connectivity index (χ1v) is 7.40. The molecule has 0 radical (unpaired) electrons. The molecule has 11 heteroatoms. The van der Waals surface area contributed by atoms with Crippen molar-refractivity contribution in [1.82, 2.24) is 9.97 Å². The number of H-pyrrole nitrogens is 2. The molecule has 0 bridgehead atoms. The minimum Gasteiger partial charge on any atom is -0.506 e. The van der Waals surface area contributed by atoms with E-state index < -0.39 is 21.9 Å². The summed E-state index contributed by atoms with van der Waals surface area (Å²) in [7, 11) is 0. The fourth-order valence-electron chi connectivity index (χ4n) is 1.72. The molecular formula is C12H7Br2N3O6. The topological polar surface area (TPSA) is 149 Å². The molecule has 2 rings (SSSR count). The Bertz CT molecular complexity index is 947. The summed E-state index contributed by atoms with van der Waals surface area (Å²) in [5, 5.41) is 30.5. The van der Waals surface area contributed by atoms with E-state index in [4.69, 9.17) is 0 Å². The first kappa shape index (κ1) is 17.0. The molecule has 0 saturated heterocycles. The molecule has 23 heavy (non-hydrogen) atoms. The SMILES string of the molecule is O=c1[nH]c(/C=C/c2cc(Br)c(O)c(Br)c2O)c([N+](=O)[O-])c(=O)[nH]1. The van der Waals surface area contributed by atoms with Gasteiger partial charge < -0.3 is 15.2 Å². The fraction of sp³-hybridized carbons (Fsp3) is 0. The Balaban J connectivity index is 2.61. The highest BCUT2D eigenvalue weighted by Crippen LogP contribution is 2.41. The normalized spacial score (nSPS) is 11.0. The van der Waals surface area contributed by atoms with Crippen LogP contribution in [-0.4, -0.2) is 25.1 Å². The molecular weight excluding hydrogens is 442 g/mol. The number of phenolic OH excluding ortho intramolecular Hbond substituents is 2. The highest BCUT2D eigenvalue weighted by atomic mass is 79.9. The van der Waals surface area contributed by atoms with E-state index in [1.807, 2.05) is 0 Å². The molecule has 0 aliphatic heterocycles. The lowest BCUT2D eigenvalue weighted by Crippen LogP contribution is -2.25. The lowest BCUT2D eigenvalue weighted by atomic mass is 10.1. The second-order valence-electron chi connectivity index (χ2n) is 4.22. The molecule has 1 aromatic heterocycles. The lowest BCUT2D eigenvalue weighted by molar-refractivity contribution is -0.386. The van der Waals surface area contributed by atoms with Crippen LogP contribution in [0, 0.1) is 10.1 Å². The van der Waals surface area contributed by atoms with E-state index in [2.05, 4.69) is 36.8 Å². The van der Waals surface area contributed by atoms with Crippen LogP contribution in [0.25, 0.3) is 12.2 Å². The van der Waals surface area contributed by atoms with E-state index >= 15 is 0 Å². The number of benzene rings is 1. The van der Waals surface area contributed by atoms with Crippen molar-refractivity contribution < 1.29 is 15.1 Å². The summed E-state index contributed by atoms with van der Waals surface area (Å²) in [6.45, 7) is 0. The second-order valence-corrected chi connectivity index (χ2v) is 5.87. The van der Waals surface area contributed by atoms with Gasteiger partial charge in [0, 0.05) is 5.56 Å². The van der Waals surface area contributed by atoms with Gasteiger partial charge in [-0.1, -0.05) is 0 Å². The number of aromatic nitrogens is 2. The average Bonchev–Trinajstić information content (AvgIpc) is 2.46. The maximum atomic E-state index is 11.5. The Morgan fingerprint density at radius 3 is 2.39 bits per heavy atom. The van der Waals surface area contributed by atoms with Crippen molar-refractivity contribution in [2.45, 2.75) is 0 Å². The molecule has 1 heterocycles. The third kappa shape index (κ3) is 3.35. The number of aromatic amines is 2. The molecule has 120 valence electrons. The van der Waals surface area contributed by atoms with E-state index in [9.17, 15) is 29.9 Å². The van der Waals surface area contributed by atoms with Gasteiger partial charge in [0.25, 0.3) is 0 Å². The number of hydrogen-bond donors (Lipinski definition) is 4. The summed E-state index contributed by atoms with van der Waals surface area (Å²) < 4.78 is 0.274. The van der Waals surface area contributed by atoms with Crippen LogP contribution in [0.1, 0.15) is 11.3 Å². The maximum absolute atomic E-state index is 11.5. The lowest BCUT2D eigenvalue weighted by Gasteiger charge is -2.06. The Morgan fingerprint density at radius 1 is 1.13 bits per heavy atom. The Hall–Kier alpha value is -2.40. The fourth-order valence-corrected chi connectivity index (χ4v) is 2.87. The Morgan fingerprint density at radius 2 is 1.78 bits per heavy atom. The Labute approximate surface area is 143 Å². The van der Waals surface area contributed by atoms with Gasteiger partial charge in [-0.05, 0) is 50.1 Å². The van der Waals surface area contributed by atoms with Crippen molar-refractivity contribution in [2.24, 2.45) is 0 Å². The van der Waals surface area contributed by atoms with Crippen molar-refractivity contribution in [3.63, 3.8) is 0 Å². The number of rotatable bonds is 3. The monoisotopic (exact) mass is 447 g/mol. The second kappa shape index (κ2) is 6.38. The Kier molecular flexibility index (Phi) is 4.71. The summed E-state index contributed by atoms with van der Waals surface area (Å²) in [6, 6.07) is 1.35. The number of nitro groups is 1. The molecule has 0 unspecified atom stereocenters. The van der Waals surface area contributed by atoms with Gasteiger partial charge >= 0.3 is 16.9 Å². The molecule has 0 amide bonds. The molecule has 0 fully saturated rings. The van der Waals surface area contributed by atoms with E-state index in [1.54, 1.807) is 4.98 Å². The molecule has 0 aliphatic rings. The van der Waals surface area contributed by atoms with Gasteiger partial charge in [0.15, 0.2) is 0 Å². The number of phenols is 2. The largest absolute Gasteiger partial charge is 0.506 e. The van der Waals surface area contributed by atoms with Crippen molar-refractivity contribution in [3.05, 3.63) is 57.2 Å². The number of nitrogens with zero attached hydrogens (tertiary/aromatic N) is 1. The van der Waals surface area contributed by atoms with Crippen molar-refractivity contribution in [1.29, 1.82) is 0 Å². The van der Waals surface area contributed by atoms with Gasteiger partial charge in [0.2, 0.25) is 0 Å². The summed E-state index contributed by atoms with van der Waals surface area (Å²) in [6.07, 6.45) is 2.34. The number of nitrogens with one attached hydrogen (secondary N) is 2. The number of hydrogen-bond acceptors (Lipinski definition) is 6. The first-order valence-electron chi connectivity index (χ1n) is 5.81. The average molecular weight is 449 g/mol. The minimum absolute atomic E-state index is 0.0143. The van der Waals surface area contributed by atoms with Crippen LogP contribution in [0.5, 0.6) is 11.5 Å². The standard InChI is InChI=1S/C12H7Br2N3O6/c13-5-3-4(9(18)7(14)10(5)19)1-2-6-8(17(22)23)11(20)16-12(21)15-6/h1-3,18-19H,(H2,15,16,20,21)/b2-1+. The van der Waals surface area contributed by atoms with Gasteiger partial charge in [-0.3, -0.25) is 19.9 Å². The van der Waals surface area contributed by atoms with Gasteiger partial charge in [0.1, 0.15) is 21.7 Å². The van der Waals surface area contributed by atoms with Gasteiger partial charge in [0.05, 0.1) is 9.40 Å². The predicted molar refractivity (Wildman–Crippen MR) is 88.4 cm³/mol. The van der Waals surface area contributed by atoms with Crippen molar-refractivity contribution >= 4 is 49.7 Å². The molecule has 0 spiro atoms. The summed E-state index contributed by atoms with van der Waals surface area (Å²) in [5.41, 5.74) is -3.04. The third-order valence-corrected chi connectivity index (χ3v) is 4.11. The maximum Gasteiger partial charge on any atom is 0.357 e. The molecule has 0 saturated carbocycles. The highest BCUT2D eigenvalue weighted by molar-refractivity contribution is 9.11. The van der Waals surface area contributed by atoms with Crippen LogP contribution < -0.4 is 11.2 Å². The first-order chi connectivity index (χ1) is 10.7. The molecule has 4 N–H and O–H groups in total. The number of halogens is 2. The van der Waals surface area contributed by atoms with E-state index in [1.165, 1.54) is 12.1 Å². The van der Waals surface area contributed by atoms with Crippen LogP contribution in [-0.2, 0) is 0 Å². The predicted octanol–water partition coefficient (Wildman–Crippen LogP) is 2.08. The summed E-state index contributed by atoms with van der Waals surface area (Å²) in [5.74, 6) is -0.549. The van der Waals surface area contributed by atoms with E-state index in [0.717, 1.165) is 6.08 Å². The van der Waals surface area contributed by atoms with Crippen LogP contribution in [0.4, 0.5) is 5.69 Å². The van der Waals surface area contributed by atoms with Crippen molar-refractivity contribution in [2.75, 3.05) is 0 Å². The van der Waals surface area contributed by atoms with Crippen LogP contribution >= 0.6 is 31.9 Å². The van der Waals surface area contributed by atoms with E-state index in [-0.39, 0.29) is 31.7 Å². The zero-order valence-electron chi connectivity index (χ0n) is 11.0. The molecule has 0 atom stereocenters. The van der Waals surface area contributed by atoms with Crippen LogP contribution in [0.15, 0.2) is 24.6 Å². The summed E-state index contributed by atoms with van der Waals surface area (Å²) in [4.78, 5) is 36.6. The zero-order chi connectivity index (χ0) is 17.3. The molecule has 0 aliphatic carbocycles. The van der Waals surface area contributed by atoms with E-state index in [0.29, 0.717) is 0 Å². The highest BCUT2D eigenvalue weighted by Gasteiger charge is 2.19. The smallest absolute Gasteiger partial charge is 0.357 e.